The van der Waals surface area contributed by atoms with Crippen molar-refractivity contribution in [3.63, 3.8) is 0 Å². The third-order valence-electron chi connectivity index (χ3n) is 3.01. The van der Waals surface area contributed by atoms with Crippen LogP contribution in [0.3, 0.4) is 0 Å². The monoisotopic (exact) mass is 248 g/mol. The Kier molecular flexibility index (Phi) is 3.62. The van der Waals surface area contributed by atoms with E-state index in [9.17, 15) is 5.11 Å². The number of benzene rings is 1. The molecule has 1 aliphatic rings. The highest BCUT2D eigenvalue weighted by molar-refractivity contribution is 5.43. The molecule has 98 valence electrons. The van der Waals surface area contributed by atoms with E-state index in [1.54, 1.807) is 0 Å². The summed E-state index contributed by atoms with van der Waals surface area (Å²) in [4.78, 5) is 0. The SMILES string of the molecule is C=CCCOc1ccc2c(c1)OC(C)(C)CC2O. The minimum Gasteiger partial charge on any atom is -0.493 e. The smallest absolute Gasteiger partial charge is 0.129 e. The molecule has 0 aliphatic carbocycles. The van der Waals surface area contributed by atoms with Crippen LogP contribution in [0.1, 0.15) is 38.4 Å². The van der Waals surface area contributed by atoms with E-state index in [4.69, 9.17) is 9.47 Å². The topological polar surface area (TPSA) is 38.7 Å². The van der Waals surface area contributed by atoms with E-state index in [0.29, 0.717) is 13.0 Å². The Hall–Kier alpha value is -1.48. The maximum Gasteiger partial charge on any atom is 0.129 e. The molecule has 1 atom stereocenters. The Morgan fingerprint density at radius 1 is 1.56 bits per heavy atom. The molecule has 1 N–H and O–H groups in total. The lowest BCUT2D eigenvalue weighted by atomic mass is 9.92. The highest BCUT2D eigenvalue weighted by Crippen LogP contribution is 2.40. The van der Waals surface area contributed by atoms with Crippen molar-refractivity contribution in [1.29, 1.82) is 0 Å². The predicted octanol–water partition coefficient (Wildman–Crippen LogP) is 3.24. The van der Waals surface area contributed by atoms with Crippen LogP contribution in [0.2, 0.25) is 0 Å². The van der Waals surface area contributed by atoms with Crippen LogP contribution in [0.25, 0.3) is 0 Å². The van der Waals surface area contributed by atoms with Gasteiger partial charge in [0.05, 0.1) is 12.7 Å². The molecule has 0 spiro atoms. The lowest BCUT2D eigenvalue weighted by molar-refractivity contribution is 0.0113. The zero-order valence-electron chi connectivity index (χ0n) is 11.0. The first-order chi connectivity index (χ1) is 8.52. The maximum absolute atomic E-state index is 10.1. The maximum atomic E-state index is 10.1. The van der Waals surface area contributed by atoms with Gasteiger partial charge in [0.15, 0.2) is 0 Å². The van der Waals surface area contributed by atoms with Crippen LogP contribution in [0.15, 0.2) is 30.9 Å². The number of ether oxygens (including phenoxy) is 2. The summed E-state index contributed by atoms with van der Waals surface area (Å²) in [5.41, 5.74) is 0.497. The molecule has 1 aromatic rings. The van der Waals surface area contributed by atoms with Gasteiger partial charge in [-0.05, 0) is 32.4 Å². The van der Waals surface area contributed by atoms with Gasteiger partial charge >= 0.3 is 0 Å². The molecule has 1 aromatic carbocycles. The summed E-state index contributed by atoms with van der Waals surface area (Å²) < 4.78 is 11.5. The zero-order chi connectivity index (χ0) is 13.2. The predicted molar refractivity (Wildman–Crippen MR) is 71.0 cm³/mol. The van der Waals surface area contributed by atoms with E-state index in [2.05, 4.69) is 6.58 Å². The van der Waals surface area contributed by atoms with E-state index < -0.39 is 6.10 Å². The minimum atomic E-state index is -0.467. The van der Waals surface area contributed by atoms with E-state index >= 15 is 0 Å². The third kappa shape index (κ3) is 2.85. The molecule has 1 heterocycles. The largest absolute Gasteiger partial charge is 0.493 e. The number of rotatable bonds is 4. The van der Waals surface area contributed by atoms with Crippen molar-refractivity contribution in [1.82, 2.24) is 0 Å². The summed E-state index contributed by atoms with van der Waals surface area (Å²) in [6.07, 6.45) is 2.77. The number of aliphatic hydroxyl groups excluding tert-OH is 1. The van der Waals surface area contributed by atoms with Gasteiger partial charge in [-0.15, -0.1) is 6.58 Å². The summed E-state index contributed by atoms with van der Waals surface area (Å²) in [7, 11) is 0. The van der Waals surface area contributed by atoms with E-state index in [-0.39, 0.29) is 5.60 Å². The lowest BCUT2D eigenvalue weighted by Crippen LogP contribution is -2.34. The van der Waals surface area contributed by atoms with Crippen molar-refractivity contribution in [2.75, 3.05) is 6.61 Å². The quantitative estimate of drug-likeness (QED) is 0.656. The van der Waals surface area contributed by atoms with Gasteiger partial charge in [0.2, 0.25) is 0 Å². The van der Waals surface area contributed by atoms with Crippen LogP contribution in [0.5, 0.6) is 11.5 Å². The molecule has 0 amide bonds. The van der Waals surface area contributed by atoms with E-state index in [0.717, 1.165) is 23.5 Å². The van der Waals surface area contributed by atoms with Crippen molar-refractivity contribution in [2.45, 2.75) is 38.4 Å². The van der Waals surface area contributed by atoms with Gasteiger partial charge in [0.1, 0.15) is 17.1 Å². The molecule has 1 aliphatic heterocycles. The van der Waals surface area contributed by atoms with E-state index in [1.807, 2.05) is 38.1 Å². The van der Waals surface area contributed by atoms with Crippen molar-refractivity contribution in [3.05, 3.63) is 36.4 Å². The molecular weight excluding hydrogens is 228 g/mol. The summed E-state index contributed by atoms with van der Waals surface area (Å²) in [6.45, 7) is 8.21. The van der Waals surface area contributed by atoms with Gasteiger partial charge in [-0.25, -0.2) is 0 Å². The Balaban J connectivity index is 2.17. The van der Waals surface area contributed by atoms with Gasteiger partial charge in [-0.1, -0.05) is 6.08 Å². The molecule has 3 heteroatoms. The van der Waals surface area contributed by atoms with Crippen LogP contribution < -0.4 is 9.47 Å². The van der Waals surface area contributed by atoms with Crippen molar-refractivity contribution >= 4 is 0 Å². The third-order valence-corrected chi connectivity index (χ3v) is 3.01. The number of fused-ring (bicyclic) bond motifs is 1. The first-order valence-corrected chi connectivity index (χ1v) is 6.26. The average Bonchev–Trinajstić information content (AvgIpc) is 2.27. The fraction of sp³-hybridized carbons (Fsp3) is 0.467. The van der Waals surface area contributed by atoms with Crippen molar-refractivity contribution in [3.8, 4) is 11.5 Å². The molecular formula is C15H20O3. The highest BCUT2D eigenvalue weighted by atomic mass is 16.5. The Morgan fingerprint density at radius 3 is 3.06 bits per heavy atom. The van der Waals surface area contributed by atoms with Crippen LogP contribution in [-0.2, 0) is 0 Å². The second kappa shape index (κ2) is 5.02. The standard InChI is InChI=1S/C15H20O3/c1-4-5-8-17-11-6-7-12-13(16)10-15(2,3)18-14(12)9-11/h4,6-7,9,13,16H,1,5,8,10H2,2-3H3. The Labute approximate surface area is 108 Å². The van der Waals surface area contributed by atoms with Gasteiger partial charge in [-0.3, -0.25) is 0 Å². The first-order valence-electron chi connectivity index (χ1n) is 6.26. The molecule has 3 nitrogen and oxygen atoms in total. The normalized spacial score (nSPS) is 20.7. The van der Waals surface area contributed by atoms with Crippen LogP contribution >= 0.6 is 0 Å². The summed E-state index contributed by atoms with van der Waals surface area (Å²) in [5, 5.41) is 10.1. The zero-order valence-corrected chi connectivity index (χ0v) is 11.0. The van der Waals surface area contributed by atoms with Crippen molar-refractivity contribution < 1.29 is 14.6 Å². The average molecular weight is 248 g/mol. The van der Waals surface area contributed by atoms with Crippen LogP contribution in [0, 0.1) is 0 Å². The molecule has 1 unspecified atom stereocenters. The molecule has 0 saturated carbocycles. The second-order valence-corrected chi connectivity index (χ2v) is 5.21. The van der Waals surface area contributed by atoms with Gasteiger partial charge in [0, 0.05) is 18.1 Å². The van der Waals surface area contributed by atoms with E-state index in [1.165, 1.54) is 0 Å². The Morgan fingerprint density at radius 2 is 2.33 bits per heavy atom. The Bertz CT molecular complexity index is 437. The van der Waals surface area contributed by atoms with Gasteiger partial charge in [-0.2, -0.15) is 0 Å². The fourth-order valence-corrected chi connectivity index (χ4v) is 2.14. The summed E-state index contributed by atoms with van der Waals surface area (Å²) in [5.74, 6) is 1.48. The van der Waals surface area contributed by atoms with Crippen LogP contribution in [0.4, 0.5) is 0 Å². The van der Waals surface area contributed by atoms with Crippen LogP contribution in [-0.4, -0.2) is 17.3 Å². The molecule has 2 rings (SSSR count). The highest BCUT2D eigenvalue weighted by Gasteiger charge is 2.32. The molecule has 0 radical (unpaired) electrons. The number of aliphatic hydroxyl groups is 1. The lowest BCUT2D eigenvalue weighted by Gasteiger charge is -2.35. The molecule has 18 heavy (non-hydrogen) atoms. The molecule has 0 fully saturated rings. The van der Waals surface area contributed by atoms with Gasteiger partial charge in [0.25, 0.3) is 0 Å². The summed E-state index contributed by atoms with van der Waals surface area (Å²) >= 11 is 0. The second-order valence-electron chi connectivity index (χ2n) is 5.21. The number of hydrogen-bond acceptors (Lipinski definition) is 3. The molecule has 0 saturated heterocycles. The minimum absolute atomic E-state index is 0.341. The van der Waals surface area contributed by atoms with Crippen molar-refractivity contribution in [2.24, 2.45) is 0 Å². The molecule has 0 aromatic heterocycles. The number of hydrogen-bond donors (Lipinski definition) is 1. The fourth-order valence-electron chi connectivity index (χ4n) is 2.14. The molecule has 0 bridgehead atoms. The first kappa shape index (κ1) is 13.0. The summed E-state index contributed by atoms with van der Waals surface area (Å²) in [6, 6.07) is 5.59. The van der Waals surface area contributed by atoms with Gasteiger partial charge < -0.3 is 14.6 Å².